The van der Waals surface area contributed by atoms with Gasteiger partial charge in [0.2, 0.25) is 5.91 Å². The Balaban J connectivity index is 0.00000240. The van der Waals surface area contributed by atoms with E-state index >= 15 is 0 Å². The van der Waals surface area contributed by atoms with E-state index in [-0.39, 0.29) is 35.9 Å². The summed E-state index contributed by atoms with van der Waals surface area (Å²) in [6.45, 7) is 2.30. The van der Waals surface area contributed by atoms with Gasteiger partial charge < -0.3 is 15.5 Å². The molecular weight excluding hydrogens is 479 g/mol. The SMILES string of the molecule is CN=C(NCc1ccn(C2CCCC2)n1)NC1CCN(C(=O)C2CCCC2)C1.I. The molecule has 3 fully saturated rings. The number of halogens is 1. The molecule has 2 saturated carbocycles. The van der Waals surface area contributed by atoms with Crippen LogP contribution < -0.4 is 10.6 Å². The molecular formula is C21H35IN6O. The van der Waals surface area contributed by atoms with Crippen LogP contribution >= 0.6 is 24.0 Å². The number of amides is 1. The Bertz CT molecular complexity index is 693. The Hall–Kier alpha value is -1.32. The highest BCUT2D eigenvalue weighted by atomic mass is 127. The second-order valence-electron chi connectivity index (χ2n) is 8.55. The summed E-state index contributed by atoms with van der Waals surface area (Å²) >= 11 is 0. The van der Waals surface area contributed by atoms with Crippen molar-refractivity contribution >= 4 is 35.8 Å². The largest absolute Gasteiger partial charge is 0.352 e. The van der Waals surface area contributed by atoms with E-state index in [0.717, 1.165) is 44.0 Å². The number of carbonyl (C=O) groups excluding carboxylic acids is 1. The molecule has 1 saturated heterocycles. The Kier molecular flexibility index (Phi) is 8.20. The number of aromatic nitrogens is 2. The molecule has 2 aliphatic carbocycles. The van der Waals surface area contributed by atoms with Gasteiger partial charge in [-0.3, -0.25) is 14.5 Å². The maximum Gasteiger partial charge on any atom is 0.225 e. The molecule has 29 heavy (non-hydrogen) atoms. The molecule has 1 aromatic heterocycles. The fourth-order valence-electron chi connectivity index (χ4n) is 4.92. The summed E-state index contributed by atoms with van der Waals surface area (Å²) in [4.78, 5) is 19.0. The highest BCUT2D eigenvalue weighted by molar-refractivity contribution is 14.0. The van der Waals surface area contributed by atoms with Gasteiger partial charge in [0.05, 0.1) is 18.3 Å². The van der Waals surface area contributed by atoms with Crippen molar-refractivity contribution in [2.24, 2.45) is 10.9 Å². The molecule has 7 nitrogen and oxygen atoms in total. The normalized spacial score (nSPS) is 23.4. The second kappa shape index (κ2) is 10.6. The maximum atomic E-state index is 12.6. The van der Waals surface area contributed by atoms with Crippen LogP contribution in [0.2, 0.25) is 0 Å². The molecule has 4 rings (SSSR count). The average molecular weight is 514 g/mol. The lowest BCUT2D eigenvalue weighted by Gasteiger charge is -2.21. The smallest absolute Gasteiger partial charge is 0.225 e. The molecule has 0 spiro atoms. The van der Waals surface area contributed by atoms with Crippen LogP contribution in [-0.2, 0) is 11.3 Å². The number of nitrogens with zero attached hydrogens (tertiary/aromatic N) is 4. The maximum absolute atomic E-state index is 12.6. The molecule has 0 radical (unpaired) electrons. The Labute approximate surface area is 191 Å². The third kappa shape index (κ3) is 5.64. The van der Waals surface area contributed by atoms with Gasteiger partial charge in [-0.2, -0.15) is 5.10 Å². The third-order valence-electron chi connectivity index (χ3n) is 6.57. The highest BCUT2D eigenvalue weighted by Crippen LogP contribution is 2.29. The van der Waals surface area contributed by atoms with Gasteiger partial charge in [-0.1, -0.05) is 25.7 Å². The van der Waals surface area contributed by atoms with Crippen molar-refractivity contribution in [1.29, 1.82) is 0 Å². The minimum atomic E-state index is 0. The highest BCUT2D eigenvalue weighted by Gasteiger charge is 2.32. The summed E-state index contributed by atoms with van der Waals surface area (Å²) < 4.78 is 2.13. The zero-order valence-electron chi connectivity index (χ0n) is 17.5. The molecule has 2 N–H and O–H groups in total. The number of hydrogen-bond acceptors (Lipinski definition) is 3. The van der Waals surface area contributed by atoms with Crippen LogP contribution in [0.3, 0.4) is 0 Å². The van der Waals surface area contributed by atoms with Crippen molar-refractivity contribution in [3.05, 3.63) is 18.0 Å². The monoisotopic (exact) mass is 514 g/mol. The lowest BCUT2D eigenvalue weighted by atomic mass is 10.1. The van der Waals surface area contributed by atoms with E-state index < -0.39 is 0 Å². The molecule has 1 unspecified atom stereocenters. The number of hydrogen-bond donors (Lipinski definition) is 2. The van der Waals surface area contributed by atoms with E-state index in [1.165, 1.54) is 38.5 Å². The predicted molar refractivity (Wildman–Crippen MR) is 125 cm³/mol. The molecule has 2 heterocycles. The minimum absolute atomic E-state index is 0. The summed E-state index contributed by atoms with van der Waals surface area (Å²) in [6, 6.07) is 2.94. The van der Waals surface area contributed by atoms with Gasteiger partial charge >= 0.3 is 0 Å². The van der Waals surface area contributed by atoms with Crippen molar-refractivity contribution < 1.29 is 4.79 Å². The van der Waals surface area contributed by atoms with Gasteiger partial charge in [0.25, 0.3) is 0 Å². The molecule has 8 heteroatoms. The van der Waals surface area contributed by atoms with Crippen molar-refractivity contribution in [1.82, 2.24) is 25.3 Å². The minimum Gasteiger partial charge on any atom is -0.352 e. The van der Waals surface area contributed by atoms with Gasteiger partial charge in [0, 0.05) is 38.3 Å². The number of likely N-dealkylation sites (tertiary alicyclic amines) is 1. The van der Waals surface area contributed by atoms with Crippen LogP contribution in [0.5, 0.6) is 0 Å². The topological polar surface area (TPSA) is 74.6 Å². The van der Waals surface area contributed by atoms with Gasteiger partial charge in [-0.15, -0.1) is 24.0 Å². The average Bonchev–Trinajstić information content (AvgIpc) is 3.50. The fourth-order valence-corrected chi connectivity index (χ4v) is 4.92. The molecule has 162 valence electrons. The van der Waals surface area contributed by atoms with Gasteiger partial charge in [0.15, 0.2) is 5.96 Å². The Morgan fingerprint density at radius 2 is 1.90 bits per heavy atom. The van der Waals surface area contributed by atoms with Crippen LogP contribution in [0.25, 0.3) is 0 Å². The molecule has 0 aromatic carbocycles. The summed E-state index contributed by atoms with van der Waals surface area (Å²) in [7, 11) is 1.79. The van der Waals surface area contributed by atoms with E-state index in [0.29, 0.717) is 18.5 Å². The van der Waals surface area contributed by atoms with Crippen molar-refractivity contribution in [2.75, 3.05) is 20.1 Å². The van der Waals surface area contributed by atoms with E-state index in [9.17, 15) is 4.79 Å². The second-order valence-corrected chi connectivity index (χ2v) is 8.55. The zero-order chi connectivity index (χ0) is 19.3. The van der Waals surface area contributed by atoms with Gasteiger partial charge in [-0.25, -0.2) is 0 Å². The quantitative estimate of drug-likeness (QED) is 0.360. The number of guanidine groups is 1. The van der Waals surface area contributed by atoms with E-state index in [1.54, 1.807) is 7.05 Å². The van der Waals surface area contributed by atoms with E-state index in [2.05, 4.69) is 32.6 Å². The number of aliphatic imine (C=N–C) groups is 1. The molecule has 1 amide bonds. The van der Waals surface area contributed by atoms with Crippen LogP contribution in [0, 0.1) is 5.92 Å². The first kappa shape index (κ1) is 22.4. The van der Waals surface area contributed by atoms with Gasteiger partial charge in [0.1, 0.15) is 0 Å². The summed E-state index contributed by atoms with van der Waals surface area (Å²) in [5.74, 6) is 1.42. The lowest BCUT2D eigenvalue weighted by molar-refractivity contribution is -0.134. The van der Waals surface area contributed by atoms with Crippen LogP contribution in [-0.4, -0.2) is 52.7 Å². The number of carbonyl (C=O) groups is 1. The van der Waals surface area contributed by atoms with Crippen LogP contribution in [0.15, 0.2) is 17.3 Å². The number of rotatable bonds is 5. The van der Waals surface area contributed by atoms with Crippen molar-refractivity contribution in [3.8, 4) is 0 Å². The van der Waals surface area contributed by atoms with Crippen molar-refractivity contribution in [2.45, 2.75) is 76.4 Å². The molecule has 1 aromatic rings. The first-order chi connectivity index (χ1) is 13.7. The van der Waals surface area contributed by atoms with Crippen molar-refractivity contribution in [3.63, 3.8) is 0 Å². The molecule has 0 bridgehead atoms. The molecule has 3 aliphatic rings. The predicted octanol–water partition coefficient (Wildman–Crippen LogP) is 3.07. The summed E-state index contributed by atoms with van der Waals surface area (Å²) in [5, 5.41) is 11.6. The summed E-state index contributed by atoms with van der Waals surface area (Å²) in [5.41, 5.74) is 1.04. The van der Waals surface area contributed by atoms with Crippen LogP contribution in [0.4, 0.5) is 0 Å². The lowest BCUT2D eigenvalue weighted by Crippen LogP contribution is -2.45. The summed E-state index contributed by atoms with van der Waals surface area (Å²) in [6.07, 6.45) is 12.8. The van der Waals surface area contributed by atoms with E-state index in [4.69, 9.17) is 5.10 Å². The van der Waals surface area contributed by atoms with Crippen LogP contribution in [0.1, 0.15) is 69.5 Å². The van der Waals surface area contributed by atoms with Gasteiger partial charge in [-0.05, 0) is 38.2 Å². The molecule has 1 aliphatic heterocycles. The van der Waals surface area contributed by atoms with E-state index in [1.807, 2.05) is 4.90 Å². The fraction of sp³-hybridized carbons (Fsp3) is 0.762. The standard InChI is InChI=1S/C21H34N6O.HI/c1-22-21(23-14-17-11-13-27(25-17)19-8-4-5-9-19)24-18-10-12-26(15-18)20(28)16-6-2-3-7-16;/h11,13,16,18-19H,2-10,12,14-15H2,1H3,(H2,22,23,24);1H. The molecule has 1 atom stereocenters. The third-order valence-corrected chi connectivity index (χ3v) is 6.57. The Morgan fingerprint density at radius 3 is 2.62 bits per heavy atom. The first-order valence-corrected chi connectivity index (χ1v) is 11.0. The Morgan fingerprint density at radius 1 is 1.17 bits per heavy atom. The zero-order valence-corrected chi connectivity index (χ0v) is 19.8. The number of nitrogens with one attached hydrogen (secondary N) is 2. The first-order valence-electron chi connectivity index (χ1n) is 11.0.